The van der Waals surface area contributed by atoms with Crippen LogP contribution in [0.3, 0.4) is 0 Å². The van der Waals surface area contributed by atoms with Crippen LogP contribution >= 0.6 is 0 Å². The molecule has 3 heteroatoms. The first-order chi connectivity index (χ1) is 8.40. The maximum absolute atomic E-state index is 5.72. The zero-order valence-corrected chi connectivity index (χ0v) is 10.0. The number of benzene rings is 1. The van der Waals surface area contributed by atoms with Gasteiger partial charge < -0.3 is 14.0 Å². The summed E-state index contributed by atoms with van der Waals surface area (Å²) < 4.78 is 13.3. The SMILES string of the molecule is CCOc1ccccc1OCCn1cccc1. The molecule has 0 N–H and O–H groups in total. The fourth-order valence-corrected chi connectivity index (χ4v) is 1.62. The van der Waals surface area contributed by atoms with Crippen LogP contribution < -0.4 is 9.47 Å². The summed E-state index contributed by atoms with van der Waals surface area (Å²) in [5.74, 6) is 1.61. The van der Waals surface area contributed by atoms with E-state index >= 15 is 0 Å². The van der Waals surface area contributed by atoms with Crippen molar-refractivity contribution in [2.24, 2.45) is 0 Å². The van der Waals surface area contributed by atoms with Gasteiger partial charge in [0.2, 0.25) is 0 Å². The first-order valence-electron chi connectivity index (χ1n) is 5.85. The lowest BCUT2D eigenvalue weighted by atomic mass is 10.3. The van der Waals surface area contributed by atoms with Crippen molar-refractivity contribution >= 4 is 0 Å². The Morgan fingerprint density at radius 3 is 2.24 bits per heavy atom. The second-order valence-electron chi connectivity index (χ2n) is 3.65. The Bertz CT molecular complexity index is 437. The lowest BCUT2D eigenvalue weighted by molar-refractivity contribution is 0.266. The molecule has 0 aliphatic heterocycles. The van der Waals surface area contributed by atoms with Gasteiger partial charge in [-0.1, -0.05) is 12.1 Å². The third-order valence-corrected chi connectivity index (χ3v) is 2.42. The minimum absolute atomic E-state index is 0.638. The Balaban J connectivity index is 1.89. The largest absolute Gasteiger partial charge is 0.490 e. The number of hydrogen-bond donors (Lipinski definition) is 0. The molecular formula is C14H17NO2. The highest BCUT2D eigenvalue weighted by molar-refractivity contribution is 5.39. The number of nitrogens with zero attached hydrogens (tertiary/aromatic N) is 1. The number of aromatic nitrogens is 1. The lowest BCUT2D eigenvalue weighted by Crippen LogP contribution is -2.07. The molecule has 0 amide bonds. The van der Waals surface area contributed by atoms with Gasteiger partial charge in [0.05, 0.1) is 13.2 Å². The van der Waals surface area contributed by atoms with Crippen LogP contribution in [0.4, 0.5) is 0 Å². The maximum atomic E-state index is 5.72. The minimum atomic E-state index is 0.638. The lowest BCUT2D eigenvalue weighted by Gasteiger charge is -2.11. The summed E-state index contributed by atoms with van der Waals surface area (Å²) in [7, 11) is 0. The highest BCUT2D eigenvalue weighted by Crippen LogP contribution is 2.26. The zero-order chi connectivity index (χ0) is 11.9. The molecule has 0 radical (unpaired) electrons. The molecule has 90 valence electrons. The monoisotopic (exact) mass is 231 g/mol. The van der Waals surface area contributed by atoms with Crippen molar-refractivity contribution in [3.8, 4) is 11.5 Å². The molecule has 2 rings (SSSR count). The van der Waals surface area contributed by atoms with Crippen molar-refractivity contribution < 1.29 is 9.47 Å². The topological polar surface area (TPSA) is 23.4 Å². The Labute approximate surface area is 102 Å². The van der Waals surface area contributed by atoms with Crippen LogP contribution in [-0.2, 0) is 6.54 Å². The molecule has 1 aromatic heterocycles. The van der Waals surface area contributed by atoms with Gasteiger partial charge in [0.25, 0.3) is 0 Å². The van der Waals surface area contributed by atoms with E-state index in [1.165, 1.54) is 0 Å². The normalized spacial score (nSPS) is 10.2. The molecule has 1 aromatic carbocycles. The molecule has 0 aliphatic carbocycles. The van der Waals surface area contributed by atoms with Gasteiger partial charge in [-0.05, 0) is 31.2 Å². The van der Waals surface area contributed by atoms with Crippen LogP contribution in [0, 0.1) is 0 Å². The van der Waals surface area contributed by atoms with Gasteiger partial charge in [0.1, 0.15) is 6.61 Å². The zero-order valence-electron chi connectivity index (χ0n) is 10.0. The summed E-state index contributed by atoms with van der Waals surface area (Å²) in [6, 6.07) is 11.8. The molecule has 0 saturated heterocycles. The summed E-state index contributed by atoms with van der Waals surface area (Å²) in [6.45, 7) is 4.10. The van der Waals surface area contributed by atoms with Crippen molar-refractivity contribution in [2.75, 3.05) is 13.2 Å². The molecule has 0 unspecified atom stereocenters. The van der Waals surface area contributed by atoms with E-state index in [0.717, 1.165) is 18.0 Å². The summed E-state index contributed by atoms with van der Waals surface area (Å²) in [4.78, 5) is 0. The molecule has 3 nitrogen and oxygen atoms in total. The van der Waals surface area contributed by atoms with Gasteiger partial charge in [0, 0.05) is 12.4 Å². The predicted molar refractivity (Wildman–Crippen MR) is 67.5 cm³/mol. The Morgan fingerprint density at radius 2 is 1.59 bits per heavy atom. The highest BCUT2D eigenvalue weighted by Gasteiger charge is 2.02. The van der Waals surface area contributed by atoms with Crippen molar-refractivity contribution in [1.29, 1.82) is 0 Å². The van der Waals surface area contributed by atoms with E-state index in [4.69, 9.17) is 9.47 Å². The van der Waals surface area contributed by atoms with E-state index in [9.17, 15) is 0 Å². The van der Waals surface area contributed by atoms with E-state index in [-0.39, 0.29) is 0 Å². The molecule has 0 spiro atoms. The number of para-hydroxylation sites is 2. The van der Waals surface area contributed by atoms with Crippen molar-refractivity contribution in [1.82, 2.24) is 4.57 Å². The summed E-state index contributed by atoms with van der Waals surface area (Å²) in [6.07, 6.45) is 4.05. The first kappa shape index (κ1) is 11.6. The first-order valence-corrected chi connectivity index (χ1v) is 5.85. The minimum Gasteiger partial charge on any atom is -0.490 e. The van der Waals surface area contributed by atoms with Crippen LogP contribution in [0.2, 0.25) is 0 Å². The summed E-state index contributed by atoms with van der Waals surface area (Å²) in [5, 5.41) is 0. The van der Waals surface area contributed by atoms with Crippen LogP contribution in [0.1, 0.15) is 6.92 Å². The van der Waals surface area contributed by atoms with Crippen LogP contribution in [-0.4, -0.2) is 17.8 Å². The number of ether oxygens (including phenoxy) is 2. The second kappa shape index (κ2) is 5.99. The number of rotatable bonds is 6. The second-order valence-corrected chi connectivity index (χ2v) is 3.65. The van der Waals surface area contributed by atoms with E-state index in [0.29, 0.717) is 13.2 Å². The van der Waals surface area contributed by atoms with E-state index in [1.807, 2.05) is 55.7 Å². The maximum Gasteiger partial charge on any atom is 0.161 e. The summed E-state index contributed by atoms with van der Waals surface area (Å²) in [5.41, 5.74) is 0. The molecule has 2 aromatic rings. The van der Waals surface area contributed by atoms with Crippen molar-refractivity contribution in [3.05, 3.63) is 48.8 Å². The third kappa shape index (κ3) is 3.28. The van der Waals surface area contributed by atoms with Crippen LogP contribution in [0.25, 0.3) is 0 Å². The highest BCUT2D eigenvalue weighted by atomic mass is 16.5. The van der Waals surface area contributed by atoms with Gasteiger partial charge in [-0.2, -0.15) is 0 Å². The molecule has 0 saturated carbocycles. The molecule has 0 bridgehead atoms. The fraction of sp³-hybridized carbons (Fsp3) is 0.286. The fourth-order valence-electron chi connectivity index (χ4n) is 1.62. The van der Waals surface area contributed by atoms with Crippen LogP contribution in [0.5, 0.6) is 11.5 Å². The number of hydrogen-bond acceptors (Lipinski definition) is 2. The molecule has 0 atom stereocenters. The molecular weight excluding hydrogens is 214 g/mol. The Kier molecular flexibility index (Phi) is 4.08. The van der Waals surface area contributed by atoms with Gasteiger partial charge in [-0.25, -0.2) is 0 Å². The van der Waals surface area contributed by atoms with E-state index < -0.39 is 0 Å². The van der Waals surface area contributed by atoms with Gasteiger partial charge >= 0.3 is 0 Å². The predicted octanol–water partition coefficient (Wildman–Crippen LogP) is 2.97. The van der Waals surface area contributed by atoms with Crippen LogP contribution in [0.15, 0.2) is 48.8 Å². The molecule has 17 heavy (non-hydrogen) atoms. The van der Waals surface area contributed by atoms with E-state index in [1.54, 1.807) is 0 Å². The average molecular weight is 231 g/mol. The quantitative estimate of drug-likeness (QED) is 0.763. The average Bonchev–Trinajstić information content (AvgIpc) is 2.85. The van der Waals surface area contributed by atoms with Crippen molar-refractivity contribution in [3.63, 3.8) is 0 Å². The summed E-state index contributed by atoms with van der Waals surface area (Å²) >= 11 is 0. The van der Waals surface area contributed by atoms with E-state index in [2.05, 4.69) is 4.57 Å². The third-order valence-electron chi connectivity index (χ3n) is 2.42. The molecule has 1 heterocycles. The van der Waals surface area contributed by atoms with Crippen molar-refractivity contribution in [2.45, 2.75) is 13.5 Å². The molecule has 0 fully saturated rings. The Hall–Kier alpha value is -1.90. The standard InChI is InChI=1S/C14H17NO2/c1-2-16-13-7-3-4-8-14(13)17-12-11-15-9-5-6-10-15/h3-10H,2,11-12H2,1H3. The Morgan fingerprint density at radius 1 is 0.941 bits per heavy atom. The smallest absolute Gasteiger partial charge is 0.161 e. The van der Waals surface area contributed by atoms with Gasteiger partial charge in [-0.15, -0.1) is 0 Å². The molecule has 0 aliphatic rings. The van der Waals surface area contributed by atoms with Gasteiger partial charge in [-0.3, -0.25) is 0 Å². The van der Waals surface area contributed by atoms with Gasteiger partial charge in [0.15, 0.2) is 11.5 Å².